The standard InChI is InChI=1S/C27H31N3O2S2/c1-18-4-8-22(9-5-18)26-29-19(2)25(34-26)27(32)30-14-12-20(13-15-30)16-24(31)28-17-21-6-10-23(33-3)11-7-21/h4-11,20H,12-17H2,1-3H3,(H,28,31). The first kappa shape index (κ1) is 24.5. The third kappa shape index (κ3) is 6.07. The Morgan fingerprint density at radius 2 is 1.74 bits per heavy atom. The van der Waals surface area contributed by atoms with Crippen LogP contribution in [0.25, 0.3) is 10.6 Å². The molecule has 1 fully saturated rings. The Morgan fingerprint density at radius 1 is 1.06 bits per heavy atom. The van der Waals surface area contributed by atoms with Crippen molar-refractivity contribution in [2.75, 3.05) is 19.3 Å². The largest absolute Gasteiger partial charge is 0.352 e. The molecule has 2 amide bonds. The Kier molecular flexibility index (Phi) is 8.06. The summed E-state index contributed by atoms with van der Waals surface area (Å²) in [4.78, 5) is 34.1. The van der Waals surface area contributed by atoms with E-state index in [0.29, 0.717) is 32.0 Å². The van der Waals surface area contributed by atoms with E-state index >= 15 is 0 Å². The zero-order valence-corrected chi connectivity index (χ0v) is 21.6. The summed E-state index contributed by atoms with van der Waals surface area (Å²) >= 11 is 3.18. The molecule has 1 aromatic heterocycles. The van der Waals surface area contributed by atoms with E-state index in [1.54, 1.807) is 11.8 Å². The van der Waals surface area contributed by atoms with Gasteiger partial charge in [-0.1, -0.05) is 42.0 Å². The van der Waals surface area contributed by atoms with Crippen LogP contribution in [0.5, 0.6) is 0 Å². The van der Waals surface area contributed by atoms with Crippen LogP contribution in [-0.4, -0.2) is 41.0 Å². The molecule has 34 heavy (non-hydrogen) atoms. The molecule has 0 bridgehead atoms. The third-order valence-corrected chi connectivity index (χ3v) is 8.25. The van der Waals surface area contributed by atoms with Gasteiger partial charge >= 0.3 is 0 Å². The maximum absolute atomic E-state index is 13.2. The molecular weight excluding hydrogens is 462 g/mol. The summed E-state index contributed by atoms with van der Waals surface area (Å²) in [6.07, 6.45) is 4.27. The zero-order valence-electron chi connectivity index (χ0n) is 20.0. The topological polar surface area (TPSA) is 62.3 Å². The molecule has 1 N–H and O–H groups in total. The van der Waals surface area contributed by atoms with E-state index in [4.69, 9.17) is 0 Å². The van der Waals surface area contributed by atoms with Gasteiger partial charge in [-0.25, -0.2) is 4.98 Å². The second kappa shape index (κ2) is 11.2. The Bertz CT molecular complexity index is 1130. The van der Waals surface area contributed by atoms with Gasteiger partial charge in [-0.2, -0.15) is 0 Å². The molecule has 2 aromatic carbocycles. The molecule has 4 rings (SSSR count). The summed E-state index contributed by atoms with van der Waals surface area (Å²) in [5.41, 5.74) is 4.14. The zero-order chi connectivity index (χ0) is 24.1. The van der Waals surface area contributed by atoms with Crippen molar-refractivity contribution in [3.63, 3.8) is 0 Å². The van der Waals surface area contributed by atoms with Crippen LogP contribution in [0.2, 0.25) is 0 Å². The lowest BCUT2D eigenvalue weighted by atomic mass is 9.93. The molecule has 0 aliphatic carbocycles. The van der Waals surface area contributed by atoms with E-state index in [0.717, 1.165) is 39.5 Å². The summed E-state index contributed by atoms with van der Waals surface area (Å²) in [5.74, 6) is 0.457. The normalized spacial score (nSPS) is 14.3. The Labute approximate surface area is 210 Å². The van der Waals surface area contributed by atoms with Crippen molar-refractivity contribution < 1.29 is 9.59 Å². The number of piperidine rings is 1. The molecule has 0 atom stereocenters. The molecule has 2 heterocycles. The van der Waals surface area contributed by atoms with Crippen LogP contribution in [0.15, 0.2) is 53.4 Å². The van der Waals surface area contributed by atoms with Crippen molar-refractivity contribution >= 4 is 34.9 Å². The van der Waals surface area contributed by atoms with Gasteiger partial charge in [0.05, 0.1) is 5.69 Å². The van der Waals surface area contributed by atoms with Crippen molar-refractivity contribution in [3.05, 3.63) is 70.2 Å². The number of rotatable bonds is 7. The molecule has 0 saturated carbocycles. The van der Waals surface area contributed by atoms with Gasteiger partial charge in [-0.3, -0.25) is 9.59 Å². The van der Waals surface area contributed by atoms with E-state index in [1.165, 1.54) is 21.8 Å². The summed E-state index contributed by atoms with van der Waals surface area (Å²) in [7, 11) is 0. The minimum Gasteiger partial charge on any atom is -0.352 e. The van der Waals surface area contributed by atoms with Crippen molar-refractivity contribution in [3.8, 4) is 10.6 Å². The highest BCUT2D eigenvalue weighted by atomic mass is 32.2. The number of thioether (sulfide) groups is 1. The van der Waals surface area contributed by atoms with Crippen molar-refractivity contribution in [2.45, 2.75) is 44.6 Å². The van der Waals surface area contributed by atoms with Gasteiger partial charge < -0.3 is 10.2 Å². The number of aromatic nitrogens is 1. The molecule has 3 aromatic rings. The van der Waals surface area contributed by atoms with E-state index < -0.39 is 0 Å². The van der Waals surface area contributed by atoms with E-state index in [1.807, 2.05) is 11.8 Å². The molecular formula is C27H31N3O2S2. The van der Waals surface area contributed by atoms with Gasteiger partial charge in [-0.05, 0) is 56.6 Å². The van der Waals surface area contributed by atoms with Gasteiger partial charge in [0.1, 0.15) is 9.88 Å². The van der Waals surface area contributed by atoms with Crippen LogP contribution in [0, 0.1) is 19.8 Å². The van der Waals surface area contributed by atoms with Crippen LogP contribution >= 0.6 is 23.1 Å². The van der Waals surface area contributed by atoms with Crippen molar-refractivity contribution in [2.24, 2.45) is 5.92 Å². The predicted octanol–water partition coefficient (Wildman–Crippen LogP) is 5.71. The number of carbonyl (C=O) groups is 2. The number of amides is 2. The van der Waals surface area contributed by atoms with Crippen LogP contribution in [0.3, 0.4) is 0 Å². The number of hydrogen-bond donors (Lipinski definition) is 1. The van der Waals surface area contributed by atoms with Gasteiger partial charge in [0.25, 0.3) is 5.91 Å². The van der Waals surface area contributed by atoms with Gasteiger partial charge in [0, 0.05) is 36.5 Å². The van der Waals surface area contributed by atoms with Crippen LogP contribution in [0.1, 0.15) is 45.8 Å². The fraction of sp³-hybridized carbons (Fsp3) is 0.370. The molecule has 1 aliphatic heterocycles. The van der Waals surface area contributed by atoms with Crippen molar-refractivity contribution in [1.29, 1.82) is 0 Å². The Hall–Kier alpha value is -2.64. The summed E-state index contributed by atoms with van der Waals surface area (Å²) in [5, 5.41) is 3.92. The monoisotopic (exact) mass is 493 g/mol. The van der Waals surface area contributed by atoms with Crippen LogP contribution in [0.4, 0.5) is 0 Å². The first-order chi connectivity index (χ1) is 16.4. The van der Waals surface area contributed by atoms with Crippen LogP contribution in [-0.2, 0) is 11.3 Å². The third-order valence-electron chi connectivity index (χ3n) is 6.31. The Balaban J connectivity index is 1.26. The summed E-state index contributed by atoms with van der Waals surface area (Å²) in [6, 6.07) is 16.5. The van der Waals surface area contributed by atoms with Gasteiger partial charge in [0.15, 0.2) is 0 Å². The average Bonchev–Trinajstić information content (AvgIpc) is 3.25. The molecule has 7 heteroatoms. The molecule has 1 saturated heterocycles. The molecule has 178 valence electrons. The highest BCUT2D eigenvalue weighted by Crippen LogP contribution is 2.30. The number of hydrogen-bond acceptors (Lipinski definition) is 5. The molecule has 5 nitrogen and oxygen atoms in total. The lowest BCUT2D eigenvalue weighted by molar-refractivity contribution is -0.122. The fourth-order valence-corrected chi connectivity index (χ4v) is 5.62. The number of nitrogens with zero attached hydrogens (tertiary/aromatic N) is 2. The Morgan fingerprint density at radius 3 is 2.38 bits per heavy atom. The number of nitrogens with one attached hydrogen (secondary N) is 1. The molecule has 0 radical (unpaired) electrons. The lowest BCUT2D eigenvalue weighted by Crippen LogP contribution is -2.39. The maximum atomic E-state index is 13.2. The number of likely N-dealkylation sites (tertiary alicyclic amines) is 1. The second-order valence-electron chi connectivity index (χ2n) is 8.86. The number of carbonyl (C=O) groups excluding carboxylic acids is 2. The first-order valence-electron chi connectivity index (χ1n) is 11.7. The SMILES string of the molecule is CSc1ccc(CNC(=O)CC2CCN(C(=O)c3sc(-c4ccc(C)cc4)nc3C)CC2)cc1. The maximum Gasteiger partial charge on any atom is 0.265 e. The smallest absolute Gasteiger partial charge is 0.265 e. The van der Waals surface area contributed by atoms with E-state index in [-0.39, 0.29) is 11.8 Å². The highest BCUT2D eigenvalue weighted by Gasteiger charge is 2.27. The minimum atomic E-state index is 0.0601. The van der Waals surface area contributed by atoms with Gasteiger partial charge in [-0.15, -0.1) is 23.1 Å². The molecule has 0 spiro atoms. The highest BCUT2D eigenvalue weighted by molar-refractivity contribution is 7.98. The minimum absolute atomic E-state index is 0.0601. The van der Waals surface area contributed by atoms with Gasteiger partial charge in [0.2, 0.25) is 5.91 Å². The summed E-state index contributed by atoms with van der Waals surface area (Å²) < 4.78 is 0. The number of benzene rings is 2. The van der Waals surface area contributed by atoms with Crippen molar-refractivity contribution in [1.82, 2.24) is 15.2 Å². The first-order valence-corrected chi connectivity index (χ1v) is 13.7. The fourth-order valence-electron chi connectivity index (χ4n) is 4.18. The molecule has 0 unspecified atom stereocenters. The quantitative estimate of drug-likeness (QED) is 0.429. The number of aryl methyl sites for hydroxylation is 2. The van der Waals surface area contributed by atoms with E-state index in [2.05, 4.69) is 72.0 Å². The predicted molar refractivity (Wildman–Crippen MR) is 140 cm³/mol. The van der Waals surface area contributed by atoms with Crippen LogP contribution < -0.4 is 5.32 Å². The number of thiazole rings is 1. The van der Waals surface area contributed by atoms with E-state index in [9.17, 15) is 9.59 Å². The average molecular weight is 494 g/mol. The lowest BCUT2D eigenvalue weighted by Gasteiger charge is -2.31. The second-order valence-corrected chi connectivity index (χ2v) is 10.7. The summed E-state index contributed by atoms with van der Waals surface area (Å²) in [6.45, 7) is 5.89. The molecule has 1 aliphatic rings.